The van der Waals surface area contributed by atoms with E-state index in [-0.39, 0.29) is 35.5 Å². The van der Waals surface area contributed by atoms with E-state index >= 15 is 0 Å². The number of likely N-dealkylation sites (tertiary alicyclic amines) is 1. The van der Waals surface area contributed by atoms with Gasteiger partial charge in [-0.3, -0.25) is 9.59 Å². The Morgan fingerprint density at radius 1 is 1.03 bits per heavy atom. The van der Waals surface area contributed by atoms with Crippen molar-refractivity contribution in [3.8, 4) is 5.75 Å². The van der Waals surface area contributed by atoms with Crippen molar-refractivity contribution >= 4 is 17.5 Å². The number of aryl methyl sites for hydroxylation is 1. The van der Waals surface area contributed by atoms with E-state index in [0.717, 1.165) is 24.2 Å². The Morgan fingerprint density at radius 2 is 1.73 bits per heavy atom. The van der Waals surface area contributed by atoms with E-state index in [1.807, 2.05) is 11.0 Å². The highest BCUT2D eigenvalue weighted by atomic mass is 19.1. The zero-order chi connectivity index (χ0) is 21.3. The van der Waals surface area contributed by atoms with Crippen molar-refractivity contribution in [2.24, 2.45) is 11.8 Å². The molecule has 5 nitrogen and oxygen atoms in total. The van der Waals surface area contributed by atoms with Gasteiger partial charge in [0, 0.05) is 18.2 Å². The maximum Gasteiger partial charge on any atom is 0.229 e. The number of nitrogens with zero attached hydrogens (tertiary/aromatic N) is 1. The third-order valence-corrected chi connectivity index (χ3v) is 6.09. The minimum Gasteiger partial charge on any atom is -0.497 e. The van der Waals surface area contributed by atoms with Crippen LogP contribution < -0.4 is 10.1 Å². The van der Waals surface area contributed by atoms with Crippen molar-refractivity contribution in [3.63, 3.8) is 0 Å². The average molecular weight is 410 g/mol. The molecule has 0 aromatic heterocycles. The first-order valence-corrected chi connectivity index (χ1v) is 10.5. The lowest BCUT2D eigenvalue weighted by Crippen LogP contribution is -2.46. The first-order valence-electron chi connectivity index (χ1n) is 10.5. The summed E-state index contributed by atoms with van der Waals surface area (Å²) in [5, 5.41) is 2.96. The maximum absolute atomic E-state index is 13.7. The lowest BCUT2D eigenvalue weighted by Gasteiger charge is -2.40. The molecule has 1 N–H and O–H groups in total. The van der Waals surface area contributed by atoms with Gasteiger partial charge >= 0.3 is 0 Å². The Balaban J connectivity index is 1.50. The Kier molecular flexibility index (Phi) is 5.75. The summed E-state index contributed by atoms with van der Waals surface area (Å²) in [6.45, 7) is 2.12. The van der Waals surface area contributed by atoms with Crippen LogP contribution >= 0.6 is 0 Å². The minimum atomic E-state index is -0.271. The van der Waals surface area contributed by atoms with Crippen LogP contribution in [0.1, 0.15) is 42.9 Å². The molecule has 2 aromatic rings. The summed E-state index contributed by atoms with van der Waals surface area (Å²) in [5.41, 5.74) is 2.22. The molecule has 1 saturated heterocycles. The van der Waals surface area contributed by atoms with Crippen LogP contribution in [0.2, 0.25) is 0 Å². The highest BCUT2D eigenvalue weighted by Gasteiger charge is 2.41. The van der Waals surface area contributed by atoms with Crippen LogP contribution in [0.25, 0.3) is 0 Å². The first kappa shape index (κ1) is 20.4. The second kappa shape index (κ2) is 8.46. The van der Waals surface area contributed by atoms with Crippen molar-refractivity contribution in [1.29, 1.82) is 0 Å². The Labute approximate surface area is 176 Å². The molecule has 0 bridgehead atoms. The van der Waals surface area contributed by atoms with Crippen LogP contribution in [0.5, 0.6) is 5.75 Å². The summed E-state index contributed by atoms with van der Waals surface area (Å²) in [5.74, 6) is 0.312. The van der Waals surface area contributed by atoms with Gasteiger partial charge in [-0.05, 0) is 74.1 Å². The standard InChI is InChI=1S/C24H27FN2O3/c1-15-13-17(5-11-21(15)25)22-12-6-18(14-27(22)24(29)16-3-4-16)23(28)26-19-7-9-20(30-2)10-8-19/h5,7-11,13,16,18,22H,3-4,6,12,14H2,1-2H3,(H,26,28). The molecule has 1 heterocycles. The number of amides is 2. The fourth-order valence-electron chi connectivity index (χ4n) is 4.13. The molecule has 2 aliphatic rings. The quantitative estimate of drug-likeness (QED) is 0.791. The second-order valence-corrected chi connectivity index (χ2v) is 8.28. The summed E-state index contributed by atoms with van der Waals surface area (Å²) >= 11 is 0. The van der Waals surface area contributed by atoms with Gasteiger partial charge in [0.25, 0.3) is 0 Å². The number of carbonyl (C=O) groups is 2. The highest BCUT2D eigenvalue weighted by Crippen LogP contribution is 2.40. The molecule has 2 atom stereocenters. The number of hydrogen-bond acceptors (Lipinski definition) is 3. The van der Waals surface area contributed by atoms with Crippen LogP contribution in [0.4, 0.5) is 10.1 Å². The van der Waals surface area contributed by atoms with E-state index in [1.54, 1.807) is 44.4 Å². The number of halogens is 1. The van der Waals surface area contributed by atoms with Gasteiger partial charge in [-0.25, -0.2) is 4.39 Å². The van der Waals surface area contributed by atoms with Gasteiger partial charge in [0.15, 0.2) is 0 Å². The van der Waals surface area contributed by atoms with Crippen molar-refractivity contribution in [3.05, 3.63) is 59.4 Å². The molecule has 0 spiro atoms. The third-order valence-electron chi connectivity index (χ3n) is 6.09. The van der Waals surface area contributed by atoms with Crippen LogP contribution in [0, 0.1) is 24.6 Å². The van der Waals surface area contributed by atoms with Crippen LogP contribution in [-0.2, 0) is 9.59 Å². The molecule has 1 aliphatic heterocycles. The topological polar surface area (TPSA) is 58.6 Å². The molecule has 30 heavy (non-hydrogen) atoms. The largest absolute Gasteiger partial charge is 0.497 e. The number of hydrogen-bond donors (Lipinski definition) is 1. The van der Waals surface area contributed by atoms with Gasteiger partial charge < -0.3 is 15.0 Å². The lowest BCUT2D eigenvalue weighted by molar-refractivity contribution is -0.139. The zero-order valence-electron chi connectivity index (χ0n) is 17.4. The Morgan fingerprint density at radius 3 is 2.37 bits per heavy atom. The predicted molar refractivity (Wildman–Crippen MR) is 113 cm³/mol. The molecular formula is C24H27FN2O3. The highest BCUT2D eigenvalue weighted by molar-refractivity contribution is 5.93. The Hall–Kier alpha value is -2.89. The summed E-state index contributed by atoms with van der Waals surface area (Å²) in [6, 6.07) is 12.1. The molecule has 0 radical (unpaired) electrons. The molecule has 4 rings (SSSR count). The van der Waals surface area contributed by atoms with E-state index < -0.39 is 0 Å². The Bertz CT molecular complexity index is 940. The number of anilines is 1. The first-order chi connectivity index (χ1) is 14.5. The summed E-state index contributed by atoms with van der Waals surface area (Å²) in [7, 11) is 1.60. The van der Waals surface area contributed by atoms with Gasteiger partial charge in [-0.15, -0.1) is 0 Å². The molecule has 2 amide bonds. The lowest BCUT2D eigenvalue weighted by atomic mass is 9.87. The molecule has 1 aliphatic carbocycles. The van der Waals surface area contributed by atoms with Crippen molar-refractivity contribution < 1.29 is 18.7 Å². The second-order valence-electron chi connectivity index (χ2n) is 8.28. The molecule has 1 saturated carbocycles. The monoisotopic (exact) mass is 410 g/mol. The van der Waals surface area contributed by atoms with Gasteiger partial charge in [0.1, 0.15) is 11.6 Å². The zero-order valence-corrected chi connectivity index (χ0v) is 17.4. The van der Waals surface area contributed by atoms with Gasteiger partial charge in [0.05, 0.1) is 19.1 Å². The van der Waals surface area contributed by atoms with Crippen molar-refractivity contribution in [1.82, 2.24) is 4.90 Å². The molecular weight excluding hydrogens is 383 g/mol. The predicted octanol–water partition coefficient (Wildman–Crippen LogP) is 4.47. The van der Waals surface area contributed by atoms with E-state index in [2.05, 4.69) is 5.32 Å². The number of benzene rings is 2. The van der Waals surface area contributed by atoms with Gasteiger partial charge in [0.2, 0.25) is 11.8 Å². The summed E-state index contributed by atoms with van der Waals surface area (Å²) < 4.78 is 18.9. The fourth-order valence-corrected chi connectivity index (χ4v) is 4.13. The minimum absolute atomic E-state index is 0.0671. The van der Waals surface area contributed by atoms with E-state index in [0.29, 0.717) is 30.6 Å². The van der Waals surface area contributed by atoms with E-state index in [9.17, 15) is 14.0 Å². The van der Waals surface area contributed by atoms with Gasteiger partial charge in [-0.1, -0.05) is 12.1 Å². The SMILES string of the molecule is COc1ccc(NC(=O)C2CCC(c3ccc(F)c(C)c3)N(C(=O)C3CC3)C2)cc1. The van der Waals surface area contributed by atoms with Crippen LogP contribution in [0.3, 0.4) is 0 Å². The number of nitrogens with one attached hydrogen (secondary N) is 1. The number of ether oxygens (including phenoxy) is 1. The van der Waals surface area contributed by atoms with Crippen molar-refractivity contribution in [2.45, 2.75) is 38.6 Å². The average Bonchev–Trinajstić information content (AvgIpc) is 3.61. The molecule has 158 valence electrons. The third kappa shape index (κ3) is 4.32. The van der Waals surface area contributed by atoms with Crippen LogP contribution in [0.15, 0.2) is 42.5 Å². The summed E-state index contributed by atoms with van der Waals surface area (Å²) in [4.78, 5) is 27.7. The van der Waals surface area contributed by atoms with Crippen molar-refractivity contribution in [2.75, 3.05) is 19.0 Å². The molecule has 2 unspecified atom stereocenters. The number of methoxy groups -OCH3 is 1. The van der Waals surface area contributed by atoms with E-state index in [1.165, 1.54) is 6.07 Å². The molecule has 2 fully saturated rings. The normalized spacial score (nSPS) is 21.2. The van der Waals surface area contributed by atoms with E-state index in [4.69, 9.17) is 4.74 Å². The molecule has 6 heteroatoms. The number of piperidine rings is 1. The molecule has 2 aromatic carbocycles. The van der Waals surface area contributed by atoms with Gasteiger partial charge in [-0.2, -0.15) is 0 Å². The van der Waals surface area contributed by atoms with Crippen LogP contribution in [-0.4, -0.2) is 30.4 Å². The maximum atomic E-state index is 13.7. The summed E-state index contributed by atoms with van der Waals surface area (Å²) in [6.07, 6.45) is 3.18. The smallest absolute Gasteiger partial charge is 0.229 e. The fraction of sp³-hybridized carbons (Fsp3) is 0.417. The number of carbonyl (C=O) groups excluding carboxylic acids is 2. The number of rotatable bonds is 5.